The second kappa shape index (κ2) is 12.9. The first kappa shape index (κ1) is 23.7. The molecule has 1 heterocycles. The van der Waals surface area contributed by atoms with Gasteiger partial charge in [0, 0.05) is 18.8 Å². The molecule has 0 N–H and O–H groups in total. The van der Waals surface area contributed by atoms with Gasteiger partial charge in [-0.2, -0.15) is 0 Å². The molecule has 0 radical (unpaired) electrons. The van der Waals surface area contributed by atoms with Crippen molar-refractivity contribution in [3.8, 4) is 0 Å². The van der Waals surface area contributed by atoms with E-state index < -0.39 is 0 Å². The molecule has 0 spiro atoms. The topological polar surface area (TPSA) is 44.1 Å². The van der Waals surface area contributed by atoms with E-state index in [2.05, 4.69) is 25.4 Å². The average molecular weight is 325 g/mol. The molecule has 0 aromatic carbocycles. The van der Waals surface area contributed by atoms with Gasteiger partial charge in [-0.1, -0.05) is 67.5 Å². The molecule has 1 aromatic rings. The first-order valence-electron chi connectivity index (χ1n) is 8.86. The van der Waals surface area contributed by atoms with Crippen molar-refractivity contribution in [1.29, 1.82) is 0 Å². The third-order valence-electron chi connectivity index (χ3n) is 3.51. The molecular weight excluding hydrogens is 288 g/mol. The highest BCUT2D eigenvalue weighted by Gasteiger charge is 2.32. The highest BCUT2D eigenvalue weighted by molar-refractivity contribution is 5.70. The number of ether oxygens (including phenoxy) is 1. The normalized spacial score (nSPS) is 18.1. The molecule has 4 nitrogen and oxygen atoms in total. The van der Waals surface area contributed by atoms with Crippen LogP contribution in [0.25, 0.3) is 0 Å². The highest BCUT2D eigenvalue weighted by atomic mass is 16.6. The Morgan fingerprint density at radius 1 is 1.26 bits per heavy atom. The van der Waals surface area contributed by atoms with Crippen LogP contribution in [-0.4, -0.2) is 21.7 Å². The van der Waals surface area contributed by atoms with Crippen molar-refractivity contribution in [3.63, 3.8) is 0 Å². The molecule has 0 amide bonds. The number of aromatic nitrogens is 2. The van der Waals surface area contributed by atoms with Gasteiger partial charge in [-0.05, 0) is 18.3 Å². The molecule has 1 unspecified atom stereocenters. The molecule has 1 saturated carbocycles. The number of hydrogen-bond acceptors (Lipinski definition) is 3. The molecule has 2 rings (SSSR count). The Hall–Kier alpha value is -1.58. The fourth-order valence-corrected chi connectivity index (χ4v) is 2.02. The number of carbonyl (C=O) groups excluding carboxylic acids is 1. The van der Waals surface area contributed by atoms with Crippen LogP contribution in [0.2, 0.25) is 0 Å². The number of hydrogen-bond donors (Lipinski definition) is 0. The highest BCUT2D eigenvalue weighted by Crippen LogP contribution is 2.39. The summed E-state index contributed by atoms with van der Waals surface area (Å²) >= 11 is 0. The van der Waals surface area contributed by atoms with E-state index >= 15 is 0 Å². The molecular formula is C19H36N2O2. The van der Waals surface area contributed by atoms with Crippen LogP contribution in [0.5, 0.6) is 0 Å². The molecule has 134 valence electrons. The van der Waals surface area contributed by atoms with Gasteiger partial charge in [0.15, 0.2) is 0 Å². The van der Waals surface area contributed by atoms with Crippen LogP contribution in [0.1, 0.15) is 74.7 Å². The third-order valence-corrected chi connectivity index (χ3v) is 3.51. The molecule has 4 heteroatoms. The van der Waals surface area contributed by atoms with Crippen LogP contribution >= 0.6 is 0 Å². The minimum absolute atomic E-state index is 0.0505. The zero-order valence-corrected chi connectivity index (χ0v) is 16.3. The minimum atomic E-state index is -0.361. The third kappa shape index (κ3) is 8.00. The van der Waals surface area contributed by atoms with Crippen molar-refractivity contribution in [2.75, 3.05) is 0 Å². The summed E-state index contributed by atoms with van der Waals surface area (Å²) in [5, 5.41) is 0. The molecule has 1 aliphatic rings. The van der Waals surface area contributed by atoms with Crippen LogP contribution < -0.4 is 0 Å². The van der Waals surface area contributed by atoms with Gasteiger partial charge in [-0.15, -0.1) is 0 Å². The van der Waals surface area contributed by atoms with Gasteiger partial charge in [-0.3, -0.25) is 0 Å². The van der Waals surface area contributed by atoms with E-state index in [-0.39, 0.29) is 17.6 Å². The lowest BCUT2D eigenvalue weighted by atomic mass is 9.73. The smallest absolute Gasteiger partial charge is 0.419 e. The summed E-state index contributed by atoms with van der Waals surface area (Å²) in [5.74, 6) is 0. The lowest BCUT2D eigenvalue weighted by Crippen LogP contribution is -2.31. The average Bonchev–Trinajstić information content (AvgIpc) is 3.12. The van der Waals surface area contributed by atoms with E-state index in [1.54, 1.807) is 12.4 Å². The predicted molar refractivity (Wildman–Crippen MR) is 98.7 cm³/mol. The maximum atomic E-state index is 11.7. The fraction of sp³-hybridized carbons (Fsp3) is 0.684. The molecule has 0 aliphatic heterocycles. The van der Waals surface area contributed by atoms with Crippen molar-refractivity contribution in [2.24, 2.45) is 5.41 Å². The summed E-state index contributed by atoms with van der Waals surface area (Å²) in [6, 6.07) is 0. The van der Waals surface area contributed by atoms with Crippen molar-refractivity contribution >= 4 is 6.09 Å². The van der Waals surface area contributed by atoms with E-state index in [9.17, 15) is 4.79 Å². The molecule has 1 aliphatic carbocycles. The van der Waals surface area contributed by atoms with Crippen LogP contribution in [0.4, 0.5) is 4.79 Å². The number of rotatable bonds is 1. The Labute approximate surface area is 143 Å². The van der Waals surface area contributed by atoms with Gasteiger partial charge >= 0.3 is 6.09 Å². The molecule has 1 aromatic heterocycles. The Kier molecular flexibility index (Phi) is 13.3. The lowest BCUT2D eigenvalue weighted by molar-refractivity contribution is 0.0713. The first-order chi connectivity index (χ1) is 11.0. The zero-order valence-electron chi connectivity index (χ0n) is 16.3. The van der Waals surface area contributed by atoms with Gasteiger partial charge in [0.25, 0.3) is 0 Å². The second-order valence-electron chi connectivity index (χ2n) is 5.21. The summed E-state index contributed by atoms with van der Waals surface area (Å²) in [7, 11) is 0. The fourth-order valence-electron chi connectivity index (χ4n) is 2.02. The Morgan fingerprint density at radius 3 is 2.26 bits per heavy atom. The Bertz CT molecular complexity index is 423. The van der Waals surface area contributed by atoms with Crippen molar-refractivity contribution in [3.05, 3.63) is 30.9 Å². The van der Waals surface area contributed by atoms with E-state index in [4.69, 9.17) is 4.74 Å². The van der Waals surface area contributed by atoms with E-state index in [0.717, 1.165) is 24.8 Å². The summed E-state index contributed by atoms with van der Waals surface area (Å²) < 4.78 is 6.77. The van der Waals surface area contributed by atoms with Gasteiger partial charge in [-0.25, -0.2) is 14.3 Å². The van der Waals surface area contributed by atoms with E-state index in [0.29, 0.717) is 0 Å². The first-order valence-corrected chi connectivity index (χ1v) is 8.86. The Balaban J connectivity index is 0. The van der Waals surface area contributed by atoms with Crippen LogP contribution in [0.3, 0.4) is 0 Å². The van der Waals surface area contributed by atoms with E-state index in [1.807, 2.05) is 41.5 Å². The summed E-state index contributed by atoms with van der Waals surface area (Å²) in [6.07, 6.45) is 6.84. The number of nitrogens with zero attached hydrogens (tertiary/aromatic N) is 2. The Morgan fingerprint density at radius 2 is 1.83 bits per heavy atom. The van der Waals surface area contributed by atoms with E-state index in [1.165, 1.54) is 10.9 Å². The minimum Gasteiger partial charge on any atom is -0.445 e. The lowest BCUT2D eigenvalue weighted by Gasteiger charge is -2.36. The molecule has 0 bridgehead atoms. The standard InChI is InChI=1S/C13H18N2O2.3C2H6/c1-10-8-11(4-5-13(10,2)3)17-12(16)15-7-6-14-9-15;3*1-2/h6-7,9,11H,1,4-5,8H2,2-3H3;3*1-2H3. The van der Waals surface area contributed by atoms with Gasteiger partial charge in [0.2, 0.25) is 0 Å². The molecule has 0 saturated heterocycles. The van der Waals surface area contributed by atoms with Crippen LogP contribution in [0, 0.1) is 5.41 Å². The molecule has 1 atom stereocenters. The van der Waals surface area contributed by atoms with Crippen LogP contribution in [0.15, 0.2) is 30.9 Å². The monoisotopic (exact) mass is 324 g/mol. The summed E-state index contributed by atoms with van der Waals surface area (Å²) in [5.41, 5.74) is 1.32. The maximum absolute atomic E-state index is 11.7. The molecule has 1 fully saturated rings. The second-order valence-corrected chi connectivity index (χ2v) is 5.21. The quantitative estimate of drug-likeness (QED) is 0.588. The van der Waals surface area contributed by atoms with Gasteiger partial charge in [0.1, 0.15) is 12.4 Å². The van der Waals surface area contributed by atoms with Gasteiger partial charge < -0.3 is 4.74 Å². The SMILES string of the molecule is C=C1CC(OC(=O)n2ccnc2)CCC1(C)C.CC.CC.CC. The van der Waals surface area contributed by atoms with Crippen molar-refractivity contribution in [1.82, 2.24) is 9.55 Å². The maximum Gasteiger partial charge on any atom is 0.419 e. The number of imidazole rings is 1. The zero-order chi connectivity index (χ0) is 18.5. The predicted octanol–water partition coefficient (Wildman–Crippen LogP) is 6.08. The van der Waals surface area contributed by atoms with Crippen molar-refractivity contribution in [2.45, 2.75) is 80.8 Å². The summed E-state index contributed by atoms with van der Waals surface area (Å²) in [4.78, 5) is 15.5. The number of carbonyl (C=O) groups is 1. The molecule has 23 heavy (non-hydrogen) atoms. The van der Waals surface area contributed by atoms with Crippen molar-refractivity contribution < 1.29 is 9.53 Å². The largest absolute Gasteiger partial charge is 0.445 e. The van der Waals surface area contributed by atoms with Gasteiger partial charge in [0.05, 0.1) is 0 Å². The van der Waals surface area contributed by atoms with Crippen LogP contribution in [-0.2, 0) is 4.74 Å². The summed E-state index contributed by atoms with van der Waals surface area (Å²) in [6.45, 7) is 20.4.